The summed E-state index contributed by atoms with van der Waals surface area (Å²) in [6.07, 6.45) is 4.35. The molecule has 4 aromatic rings. The number of hydrogen-bond acceptors (Lipinski definition) is 10. The first kappa shape index (κ1) is 30.8. The molecule has 0 bridgehead atoms. The van der Waals surface area contributed by atoms with Gasteiger partial charge in [-0.1, -0.05) is 6.07 Å². The summed E-state index contributed by atoms with van der Waals surface area (Å²) in [7, 11) is -3.61. The number of hydrogen-bond donors (Lipinski definition) is 3. The second kappa shape index (κ2) is 11.6. The maximum Gasteiger partial charge on any atom is 0.393 e. The zero-order chi connectivity index (χ0) is 32.0. The Morgan fingerprint density at radius 3 is 2.47 bits per heavy atom. The Hall–Kier alpha value is -4.18. The summed E-state index contributed by atoms with van der Waals surface area (Å²) in [6.45, 7) is 1.79. The molecule has 0 aliphatic heterocycles. The van der Waals surface area contributed by atoms with Gasteiger partial charge in [0.15, 0.2) is 17.5 Å². The first-order chi connectivity index (χ1) is 21.3. The van der Waals surface area contributed by atoms with Gasteiger partial charge in [-0.2, -0.15) is 22.4 Å². The number of alkyl halides is 3. The number of pyridine rings is 2. The lowest BCUT2D eigenvalue weighted by atomic mass is 9.83. The summed E-state index contributed by atoms with van der Waals surface area (Å²) >= 11 is 0. The van der Waals surface area contributed by atoms with Crippen molar-refractivity contribution in [3.63, 3.8) is 0 Å². The Morgan fingerprint density at radius 1 is 1.04 bits per heavy atom. The number of anilines is 3. The van der Waals surface area contributed by atoms with E-state index in [1.165, 1.54) is 36.9 Å². The van der Waals surface area contributed by atoms with Crippen LogP contribution >= 0.6 is 0 Å². The fourth-order valence-corrected chi connectivity index (χ4v) is 6.64. The number of nitrogens with zero attached hydrogens (tertiary/aromatic N) is 6. The normalized spacial score (nSPS) is 20.6. The van der Waals surface area contributed by atoms with Crippen molar-refractivity contribution < 1.29 is 31.1 Å². The molecule has 0 atom stereocenters. The second-order valence-corrected chi connectivity index (χ2v) is 13.8. The van der Waals surface area contributed by atoms with Crippen LogP contribution in [0.4, 0.5) is 34.9 Å². The van der Waals surface area contributed by atoms with Gasteiger partial charge in [0, 0.05) is 35.8 Å². The molecule has 0 radical (unpaired) electrons. The summed E-state index contributed by atoms with van der Waals surface area (Å²) < 4.78 is 79.4. The maximum atomic E-state index is 14.9. The quantitative estimate of drug-likeness (QED) is 0.207. The fourth-order valence-electron chi connectivity index (χ4n) is 5.16. The molecule has 16 heteroatoms. The number of aliphatic hydroxyl groups is 1. The predicted octanol–water partition coefficient (Wildman–Crippen LogP) is 5.23. The third kappa shape index (κ3) is 7.22. The second-order valence-electron chi connectivity index (χ2n) is 11.7. The van der Waals surface area contributed by atoms with Gasteiger partial charge in [-0.3, -0.25) is 4.98 Å². The van der Waals surface area contributed by atoms with Crippen LogP contribution in [0.3, 0.4) is 0 Å². The molecule has 2 aliphatic rings. The van der Waals surface area contributed by atoms with Gasteiger partial charge in [0.05, 0.1) is 47.1 Å². The summed E-state index contributed by atoms with van der Waals surface area (Å²) in [4.78, 5) is 16.9. The number of halogens is 4. The summed E-state index contributed by atoms with van der Waals surface area (Å²) in [6, 6.07) is 4.45. The lowest BCUT2D eigenvalue weighted by Gasteiger charge is -2.34. The molecule has 2 saturated carbocycles. The Bertz CT molecular complexity index is 1800. The maximum absolute atomic E-state index is 14.9. The summed E-state index contributed by atoms with van der Waals surface area (Å²) in [5.41, 5.74) is 0.996. The number of nitrogens with one attached hydrogen (secondary N) is 2. The van der Waals surface area contributed by atoms with E-state index in [0.717, 1.165) is 10.3 Å². The van der Waals surface area contributed by atoms with Crippen LogP contribution in [0, 0.1) is 5.82 Å². The summed E-state index contributed by atoms with van der Waals surface area (Å²) in [5.74, 6) is -0.752. The minimum atomic E-state index is -4.36. The highest BCUT2D eigenvalue weighted by molar-refractivity contribution is 7.90. The zero-order valence-corrected chi connectivity index (χ0v) is 24.9. The van der Waals surface area contributed by atoms with Gasteiger partial charge >= 0.3 is 6.18 Å². The molecule has 0 aromatic carbocycles. The molecular formula is C29H30F4N8O3S. The van der Waals surface area contributed by atoms with Crippen LogP contribution in [0.25, 0.3) is 22.6 Å². The molecule has 4 heterocycles. The lowest BCUT2D eigenvalue weighted by Crippen LogP contribution is -2.35. The van der Waals surface area contributed by atoms with Gasteiger partial charge in [-0.25, -0.2) is 27.8 Å². The molecule has 2 aliphatic carbocycles. The zero-order valence-electron chi connectivity index (χ0n) is 24.1. The van der Waals surface area contributed by atoms with Crippen LogP contribution in [-0.2, 0) is 16.4 Å². The van der Waals surface area contributed by atoms with Crippen molar-refractivity contribution in [3.8, 4) is 22.6 Å². The van der Waals surface area contributed by atoms with E-state index in [2.05, 4.69) is 35.7 Å². The van der Waals surface area contributed by atoms with Crippen LogP contribution in [0.2, 0.25) is 0 Å². The molecule has 0 saturated heterocycles. The van der Waals surface area contributed by atoms with Crippen molar-refractivity contribution in [2.45, 2.75) is 74.9 Å². The minimum Gasteiger partial charge on any atom is -0.390 e. The number of rotatable bonds is 9. The van der Waals surface area contributed by atoms with Gasteiger partial charge in [-0.15, -0.1) is 0 Å². The average molecular weight is 647 g/mol. The van der Waals surface area contributed by atoms with Crippen LogP contribution in [0.15, 0.2) is 49.2 Å². The molecule has 45 heavy (non-hydrogen) atoms. The highest BCUT2D eigenvalue weighted by Crippen LogP contribution is 2.35. The molecule has 3 N–H and O–H groups in total. The SMILES string of the molecule is CC1(O)CCC(Nc2cc(Nc3nc(-c4cnn(S(=O)(=O)C5CC5)c4)ncc3F)ncc2-c2ccc(CC(F)(F)F)cn2)CC1. The van der Waals surface area contributed by atoms with E-state index in [-0.39, 0.29) is 34.6 Å². The van der Waals surface area contributed by atoms with E-state index in [0.29, 0.717) is 55.5 Å². The molecule has 4 aromatic heterocycles. The van der Waals surface area contributed by atoms with Crippen LogP contribution < -0.4 is 10.6 Å². The Morgan fingerprint density at radius 2 is 1.80 bits per heavy atom. The van der Waals surface area contributed by atoms with E-state index in [1.807, 2.05) is 0 Å². The third-order valence-corrected chi connectivity index (χ3v) is 9.88. The Kier molecular flexibility index (Phi) is 7.97. The molecule has 0 spiro atoms. The molecule has 6 rings (SSSR count). The predicted molar refractivity (Wildman–Crippen MR) is 158 cm³/mol. The minimum absolute atomic E-state index is 0.0189. The van der Waals surface area contributed by atoms with E-state index in [9.17, 15) is 31.1 Å². The molecule has 0 amide bonds. The van der Waals surface area contributed by atoms with Gasteiger partial charge in [0.2, 0.25) is 0 Å². The standard InChI is InChI=1S/C29H30F4N8O3S/c1-28(42)8-6-19(7-9-28)38-24-10-25(35-14-21(24)23-5-2-17(12-34-23)11-29(31,32)33)39-27-22(30)15-36-26(40-27)18-13-37-41(16-18)45(43,44)20-3-4-20/h2,5,10,12-16,19-20,42H,3-4,6-9,11H2,1H3,(H2,35,36,38,39,40). The molecule has 0 unspecified atom stereocenters. The average Bonchev–Trinajstić information content (AvgIpc) is 3.72. The summed E-state index contributed by atoms with van der Waals surface area (Å²) in [5, 5.41) is 20.1. The first-order valence-corrected chi connectivity index (χ1v) is 15.9. The molecular weight excluding hydrogens is 616 g/mol. The fraction of sp³-hybridized carbons (Fsp3) is 0.414. The van der Waals surface area contributed by atoms with E-state index < -0.39 is 39.3 Å². The van der Waals surface area contributed by atoms with Crippen molar-refractivity contribution >= 4 is 27.3 Å². The van der Waals surface area contributed by atoms with E-state index in [4.69, 9.17) is 0 Å². The van der Waals surface area contributed by atoms with Gasteiger partial charge in [0.25, 0.3) is 10.0 Å². The van der Waals surface area contributed by atoms with Crippen molar-refractivity contribution in [2.75, 3.05) is 10.6 Å². The largest absolute Gasteiger partial charge is 0.393 e. The van der Waals surface area contributed by atoms with Gasteiger partial charge in [0.1, 0.15) is 5.82 Å². The molecule has 2 fully saturated rings. The highest BCUT2D eigenvalue weighted by atomic mass is 32.2. The van der Waals surface area contributed by atoms with E-state index >= 15 is 0 Å². The van der Waals surface area contributed by atoms with Crippen LogP contribution in [0.1, 0.15) is 51.0 Å². The highest BCUT2D eigenvalue weighted by Gasteiger charge is 2.38. The molecule has 238 valence electrons. The van der Waals surface area contributed by atoms with Crippen molar-refractivity contribution in [1.29, 1.82) is 0 Å². The van der Waals surface area contributed by atoms with Gasteiger partial charge < -0.3 is 15.7 Å². The van der Waals surface area contributed by atoms with Gasteiger partial charge in [-0.05, 0) is 57.1 Å². The van der Waals surface area contributed by atoms with Crippen LogP contribution in [-0.4, -0.2) is 65.7 Å². The topological polar surface area (TPSA) is 148 Å². The molecule has 11 nitrogen and oxygen atoms in total. The van der Waals surface area contributed by atoms with Crippen molar-refractivity contribution in [2.24, 2.45) is 0 Å². The Labute approximate surface area is 256 Å². The lowest BCUT2D eigenvalue weighted by molar-refractivity contribution is -0.127. The Balaban J connectivity index is 1.28. The smallest absolute Gasteiger partial charge is 0.390 e. The van der Waals surface area contributed by atoms with Crippen molar-refractivity contribution in [3.05, 3.63) is 60.6 Å². The van der Waals surface area contributed by atoms with Crippen LogP contribution in [0.5, 0.6) is 0 Å². The van der Waals surface area contributed by atoms with Crippen molar-refractivity contribution in [1.82, 2.24) is 29.1 Å². The number of aromatic nitrogens is 6. The monoisotopic (exact) mass is 646 g/mol. The third-order valence-electron chi connectivity index (χ3n) is 7.85. The first-order valence-electron chi connectivity index (χ1n) is 14.4. The van der Waals surface area contributed by atoms with E-state index in [1.54, 1.807) is 13.0 Å².